The van der Waals surface area contributed by atoms with Gasteiger partial charge in [-0.15, -0.1) is 0 Å². The van der Waals surface area contributed by atoms with Gasteiger partial charge in [-0.25, -0.2) is 9.97 Å². The molecule has 17 heavy (non-hydrogen) atoms. The summed E-state index contributed by atoms with van der Waals surface area (Å²) >= 11 is 0. The van der Waals surface area contributed by atoms with E-state index in [1.807, 2.05) is 19.3 Å². The van der Waals surface area contributed by atoms with Crippen molar-refractivity contribution in [3.05, 3.63) is 23.8 Å². The Bertz CT molecular complexity index is 345. The molecular weight excluding hydrogens is 210 g/mol. The number of rotatable bonds is 3. The molecule has 1 fully saturated rings. The minimum Gasteiger partial charge on any atom is -0.328 e. The molecule has 0 bridgehead atoms. The molecule has 0 saturated heterocycles. The highest BCUT2D eigenvalue weighted by Gasteiger charge is 2.22. The Morgan fingerprint density at radius 1 is 1.35 bits per heavy atom. The Morgan fingerprint density at radius 2 is 2.06 bits per heavy atom. The molecule has 0 spiro atoms. The topological polar surface area (TPSA) is 51.8 Å². The van der Waals surface area contributed by atoms with Crippen LogP contribution in [0, 0.1) is 5.92 Å². The minimum atomic E-state index is 0.180. The van der Waals surface area contributed by atoms with Crippen molar-refractivity contribution in [1.29, 1.82) is 0 Å². The van der Waals surface area contributed by atoms with Gasteiger partial charge in [0.15, 0.2) is 0 Å². The highest BCUT2D eigenvalue weighted by Crippen LogP contribution is 2.34. The Labute approximate surface area is 104 Å². The molecule has 3 atom stereocenters. The summed E-state index contributed by atoms with van der Waals surface area (Å²) in [6.07, 6.45) is 9.93. The van der Waals surface area contributed by atoms with E-state index in [0.29, 0.717) is 5.92 Å². The van der Waals surface area contributed by atoms with E-state index >= 15 is 0 Å². The second kappa shape index (κ2) is 5.58. The lowest BCUT2D eigenvalue weighted by Crippen LogP contribution is -2.19. The Balaban J connectivity index is 2.01. The van der Waals surface area contributed by atoms with Crippen molar-refractivity contribution in [1.82, 2.24) is 9.97 Å². The Morgan fingerprint density at radius 3 is 2.65 bits per heavy atom. The lowest BCUT2D eigenvalue weighted by atomic mass is 9.82. The van der Waals surface area contributed by atoms with E-state index in [1.165, 1.54) is 25.7 Å². The second-order valence-electron chi connectivity index (χ2n) is 5.60. The molecule has 3 unspecified atom stereocenters. The summed E-state index contributed by atoms with van der Waals surface area (Å²) in [5.41, 5.74) is 6.91. The van der Waals surface area contributed by atoms with Gasteiger partial charge in [0.1, 0.15) is 5.82 Å². The van der Waals surface area contributed by atoms with E-state index in [0.717, 1.165) is 23.7 Å². The zero-order valence-corrected chi connectivity index (χ0v) is 10.9. The zero-order chi connectivity index (χ0) is 12.3. The number of hydrogen-bond acceptors (Lipinski definition) is 3. The molecule has 94 valence electrons. The normalized spacial score (nSPS) is 26.8. The molecule has 1 aliphatic rings. The average molecular weight is 233 g/mol. The van der Waals surface area contributed by atoms with E-state index in [4.69, 9.17) is 5.73 Å². The number of nitrogens with two attached hydrogens (primary N) is 1. The van der Waals surface area contributed by atoms with Crippen LogP contribution in [0.25, 0.3) is 0 Å². The predicted octanol–water partition coefficient (Wildman–Crippen LogP) is 2.66. The first-order valence-electron chi connectivity index (χ1n) is 6.71. The van der Waals surface area contributed by atoms with Crippen LogP contribution >= 0.6 is 0 Å². The SMILES string of the molecule is CC(N)Cc1cnc(C2CCCC(C)C2)nc1. The van der Waals surface area contributed by atoms with Crippen molar-refractivity contribution < 1.29 is 0 Å². The van der Waals surface area contributed by atoms with Gasteiger partial charge in [0, 0.05) is 24.4 Å². The molecule has 3 heteroatoms. The molecule has 2 N–H and O–H groups in total. The maximum atomic E-state index is 5.77. The smallest absolute Gasteiger partial charge is 0.131 e. The van der Waals surface area contributed by atoms with Crippen molar-refractivity contribution >= 4 is 0 Å². The van der Waals surface area contributed by atoms with Crippen molar-refractivity contribution in [2.75, 3.05) is 0 Å². The van der Waals surface area contributed by atoms with Gasteiger partial charge in [-0.2, -0.15) is 0 Å². The third-order valence-corrected chi connectivity index (χ3v) is 3.58. The highest BCUT2D eigenvalue weighted by atomic mass is 14.9. The van der Waals surface area contributed by atoms with Crippen molar-refractivity contribution in [3.8, 4) is 0 Å². The largest absolute Gasteiger partial charge is 0.328 e. The monoisotopic (exact) mass is 233 g/mol. The van der Waals surface area contributed by atoms with Crippen LogP contribution in [0.1, 0.15) is 56.8 Å². The molecule has 1 saturated carbocycles. The van der Waals surface area contributed by atoms with Crippen molar-refractivity contribution in [3.63, 3.8) is 0 Å². The van der Waals surface area contributed by atoms with Gasteiger partial charge in [-0.05, 0) is 37.7 Å². The summed E-state index contributed by atoms with van der Waals surface area (Å²) < 4.78 is 0. The molecule has 1 heterocycles. The number of nitrogens with zero attached hydrogens (tertiary/aromatic N) is 2. The predicted molar refractivity (Wildman–Crippen MR) is 69.8 cm³/mol. The van der Waals surface area contributed by atoms with Crippen LogP contribution in [0.2, 0.25) is 0 Å². The maximum Gasteiger partial charge on any atom is 0.131 e. The van der Waals surface area contributed by atoms with Crippen LogP contribution in [0.4, 0.5) is 0 Å². The summed E-state index contributed by atoms with van der Waals surface area (Å²) in [4.78, 5) is 9.05. The molecule has 0 aromatic carbocycles. The van der Waals surface area contributed by atoms with Gasteiger partial charge in [-0.3, -0.25) is 0 Å². The average Bonchev–Trinajstić information content (AvgIpc) is 2.29. The summed E-state index contributed by atoms with van der Waals surface area (Å²) in [6, 6.07) is 0.180. The first kappa shape index (κ1) is 12.5. The van der Waals surface area contributed by atoms with E-state index in [-0.39, 0.29) is 6.04 Å². The molecular formula is C14H23N3. The van der Waals surface area contributed by atoms with E-state index in [9.17, 15) is 0 Å². The van der Waals surface area contributed by atoms with Gasteiger partial charge in [-0.1, -0.05) is 19.8 Å². The summed E-state index contributed by atoms with van der Waals surface area (Å²) in [6.45, 7) is 4.34. The van der Waals surface area contributed by atoms with Crippen LogP contribution in [-0.4, -0.2) is 16.0 Å². The molecule has 1 aromatic rings. The van der Waals surface area contributed by atoms with Gasteiger partial charge in [0.25, 0.3) is 0 Å². The Kier molecular flexibility index (Phi) is 4.11. The Hall–Kier alpha value is -0.960. The molecule has 1 aromatic heterocycles. The van der Waals surface area contributed by atoms with Gasteiger partial charge in [0.05, 0.1) is 0 Å². The summed E-state index contributed by atoms with van der Waals surface area (Å²) in [5.74, 6) is 2.43. The number of aromatic nitrogens is 2. The molecule has 0 radical (unpaired) electrons. The van der Waals surface area contributed by atoms with Crippen molar-refractivity contribution in [2.45, 2.75) is 57.9 Å². The lowest BCUT2D eigenvalue weighted by Gasteiger charge is -2.25. The number of hydrogen-bond donors (Lipinski definition) is 1. The standard InChI is InChI=1S/C14H23N3/c1-10-4-3-5-13(6-10)14-16-8-12(9-17-14)7-11(2)15/h8-11,13H,3-7,15H2,1-2H3. The quantitative estimate of drug-likeness (QED) is 0.873. The summed E-state index contributed by atoms with van der Waals surface area (Å²) in [5, 5.41) is 0. The zero-order valence-electron chi connectivity index (χ0n) is 10.9. The second-order valence-corrected chi connectivity index (χ2v) is 5.60. The third-order valence-electron chi connectivity index (χ3n) is 3.58. The van der Waals surface area contributed by atoms with Gasteiger partial charge in [0.2, 0.25) is 0 Å². The fourth-order valence-electron chi connectivity index (χ4n) is 2.72. The van der Waals surface area contributed by atoms with Crippen LogP contribution in [0.15, 0.2) is 12.4 Å². The minimum absolute atomic E-state index is 0.180. The molecule has 0 aliphatic heterocycles. The van der Waals surface area contributed by atoms with Crippen molar-refractivity contribution in [2.24, 2.45) is 11.7 Å². The summed E-state index contributed by atoms with van der Waals surface area (Å²) in [7, 11) is 0. The van der Waals surface area contributed by atoms with Gasteiger partial charge < -0.3 is 5.73 Å². The van der Waals surface area contributed by atoms with Crippen LogP contribution < -0.4 is 5.73 Å². The molecule has 2 rings (SSSR count). The van der Waals surface area contributed by atoms with Crippen LogP contribution in [0.5, 0.6) is 0 Å². The third kappa shape index (κ3) is 3.50. The van der Waals surface area contributed by atoms with E-state index in [2.05, 4.69) is 16.9 Å². The van der Waals surface area contributed by atoms with E-state index < -0.39 is 0 Å². The molecule has 0 amide bonds. The van der Waals surface area contributed by atoms with Crippen LogP contribution in [-0.2, 0) is 6.42 Å². The maximum absolute atomic E-state index is 5.77. The van der Waals surface area contributed by atoms with Crippen LogP contribution in [0.3, 0.4) is 0 Å². The fraction of sp³-hybridized carbons (Fsp3) is 0.714. The highest BCUT2D eigenvalue weighted by molar-refractivity contribution is 5.09. The first-order chi connectivity index (χ1) is 8.15. The molecule has 3 nitrogen and oxygen atoms in total. The first-order valence-corrected chi connectivity index (χ1v) is 6.71. The molecule has 1 aliphatic carbocycles. The lowest BCUT2D eigenvalue weighted by molar-refractivity contribution is 0.335. The fourth-order valence-corrected chi connectivity index (χ4v) is 2.72. The van der Waals surface area contributed by atoms with E-state index in [1.54, 1.807) is 0 Å². The van der Waals surface area contributed by atoms with Gasteiger partial charge >= 0.3 is 0 Å².